The maximum absolute atomic E-state index is 4.25. The van der Waals surface area contributed by atoms with Crippen LogP contribution in [0.1, 0.15) is 72.6 Å². The molecule has 1 aliphatic carbocycles. The summed E-state index contributed by atoms with van der Waals surface area (Å²) in [6.07, 6.45) is 15.8. The van der Waals surface area contributed by atoms with Crippen LogP contribution in [0.3, 0.4) is 0 Å². The van der Waals surface area contributed by atoms with Crippen molar-refractivity contribution in [2.45, 2.75) is 84.4 Å². The van der Waals surface area contributed by atoms with Crippen LogP contribution in [0.5, 0.6) is 0 Å². The molecule has 1 aromatic heterocycles. The number of rotatable bonds is 8. The Bertz CT molecular complexity index is 421. The largest absolute Gasteiger partial charge is 0.336 e. The van der Waals surface area contributed by atoms with Crippen LogP contribution in [0, 0.1) is 17.3 Å². The normalized spacial score (nSPS) is 23.8. The average Bonchev–Trinajstić information content (AvgIpc) is 3.02. The Kier molecular flexibility index (Phi) is 7.52. The summed E-state index contributed by atoms with van der Waals surface area (Å²) in [6, 6.07) is 0. The smallest absolute Gasteiger partial charge is 0.0946 e. The van der Waals surface area contributed by atoms with Crippen LogP contribution in [0.15, 0.2) is 18.7 Å². The second-order valence-corrected chi connectivity index (χ2v) is 9.64. The molecule has 2 nitrogen and oxygen atoms in total. The van der Waals surface area contributed by atoms with E-state index in [0.717, 1.165) is 23.6 Å². The third-order valence-corrected chi connectivity index (χ3v) is 6.89. The molecule has 1 heterocycles. The van der Waals surface area contributed by atoms with Crippen molar-refractivity contribution in [2.24, 2.45) is 17.3 Å². The minimum Gasteiger partial charge on any atom is -0.336 e. The van der Waals surface area contributed by atoms with Crippen LogP contribution < -0.4 is 0 Å². The summed E-state index contributed by atoms with van der Waals surface area (Å²) in [5, 5.41) is 0.741. The van der Waals surface area contributed by atoms with Crippen molar-refractivity contribution >= 4 is 11.8 Å². The maximum atomic E-state index is 4.25. The van der Waals surface area contributed by atoms with Gasteiger partial charge in [-0.25, -0.2) is 4.98 Å². The van der Waals surface area contributed by atoms with Gasteiger partial charge in [0.25, 0.3) is 0 Å². The molecule has 0 N–H and O–H groups in total. The van der Waals surface area contributed by atoms with Gasteiger partial charge in [-0.3, -0.25) is 0 Å². The first-order valence-electron chi connectivity index (χ1n) is 9.59. The van der Waals surface area contributed by atoms with Crippen LogP contribution in [-0.4, -0.2) is 20.6 Å². The molecule has 3 unspecified atom stereocenters. The summed E-state index contributed by atoms with van der Waals surface area (Å²) >= 11 is 2.24. The lowest BCUT2D eigenvalue weighted by Crippen LogP contribution is -2.38. The Morgan fingerprint density at radius 1 is 1.22 bits per heavy atom. The van der Waals surface area contributed by atoms with Crippen molar-refractivity contribution in [3.05, 3.63) is 18.7 Å². The maximum Gasteiger partial charge on any atom is 0.0946 e. The summed E-state index contributed by atoms with van der Waals surface area (Å²) in [5.41, 5.74) is 0.433. The quantitative estimate of drug-likeness (QED) is 0.540. The predicted molar refractivity (Wildman–Crippen MR) is 103 cm³/mol. The molecule has 0 amide bonds. The van der Waals surface area contributed by atoms with Crippen LogP contribution in [0.25, 0.3) is 0 Å². The van der Waals surface area contributed by atoms with Crippen molar-refractivity contribution < 1.29 is 0 Å². The SMILES string of the molecule is CCCCCSC(Cn1ccnc1)C1CCCCC1C(C)(C)C. The van der Waals surface area contributed by atoms with E-state index in [-0.39, 0.29) is 0 Å². The molecule has 0 radical (unpaired) electrons. The summed E-state index contributed by atoms with van der Waals surface area (Å²) in [6.45, 7) is 10.8. The first-order valence-corrected chi connectivity index (χ1v) is 10.6. The van der Waals surface area contributed by atoms with Gasteiger partial charge in [0.15, 0.2) is 0 Å². The number of thioether (sulfide) groups is 1. The first-order chi connectivity index (χ1) is 11.0. The molecular formula is C20H36N2S. The highest BCUT2D eigenvalue weighted by Gasteiger charge is 2.38. The molecule has 0 bridgehead atoms. The lowest BCUT2D eigenvalue weighted by atomic mass is 9.65. The predicted octanol–water partition coefficient (Wildman–Crippen LogP) is 6.03. The number of imidazole rings is 1. The second kappa shape index (κ2) is 9.15. The van der Waals surface area contributed by atoms with Gasteiger partial charge in [0.2, 0.25) is 0 Å². The minimum absolute atomic E-state index is 0.433. The van der Waals surface area contributed by atoms with E-state index in [9.17, 15) is 0 Å². The molecular weight excluding hydrogens is 300 g/mol. The monoisotopic (exact) mass is 336 g/mol. The van der Waals surface area contributed by atoms with Gasteiger partial charge in [-0.1, -0.05) is 53.4 Å². The molecule has 3 heteroatoms. The number of hydrogen-bond donors (Lipinski definition) is 0. The fraction of sp³-hybridized carbons (Fsp3) is 0.850. The van der Waals surface area contributed by atoms with Crippen molar-refractivity contribution in [1.82, 2.24) is 9.55 Å². The van der Waals surface area contributed by atoms with E-state index >= 15 is 0 Å². The highest BCUT2D eigenvalue weighted by molar-refractivity contribution is 7.99. The Morgan fingerprint density at radius 2 is 2.00 bits per heavy atom. The van der Waals surface area contributed by atoms with E-state index in [1.165, 1.54) is 50.7 Å². The highest BCUT2D eigenvalue weighted by atomic mass is 32.2. The van der Waals surface area contributed by atoms with E-state index in [0.29, 0.717) is 5.41 Å². The summed E-state index contributed by atoms with van der Waals surface area (Å²) in [4.78, 5) is 4.25. The van der Waals surface area contributed by atoms with E-state index in [1.54, 1.807) is 0 Å². The van der Waals surface area contributed by atoms with Gasteiger partial charge in [-0.15, -0.1) is 0 Å². The highest BCUT2D eigenvalue weighted by Crippen LogP contribution is 2.46. The fourth-order valence-corrected chi connectivity index (χ4v) is 5.70. The third kappa shape index (κ3) is 5.85. The molecule has 0 spiro atoms. The van der Waals surface area contributed by atoms with Crippen LogP contribution in [0.4, 0.5) is 0 Å². The number of unbranched alkanes of at least 4 members (excludes halogenated alkanes) is 2. The van der Waals surface area contributed by atoms with Gasteiger partial charge in [0.05, 0.1) is 6.33 Å². The standard InChI is InChI=1S/C20H36N2S/c1-5-6-9-14-23-19(15-22-13-12-21-16-22)17-10-7-8-11-18(17)20(2,3)4/h12-13,16-19H,5-11,14-15H2,1-4H3. The molecule has 23 heavy (non-hydrogen) atoms. The number of hydrogen-bond acceptors (Lipinski definition) is 2. The van der Waals surface area contributed by atoms with Crippen molar-refractivity contribution in [3.63, 3.8) is 0 Å². The molecule has 1 aliphatic rings. The number of aromatic nitrogens is 2. The molecule has 1 saturated carbocycles. The van der Waals surface area contributed by atoms with Crippen molar-refractivity contribution in [3.8, 4) is 0 Å². The van der Waals surface area contributed by atoms with E-state index < -0.39 is 0 Å². The Morgan fingerprint density at radius 3 is 2.65 bits per heavy atom. The van der Waals surface area contributed by atoms with E-state index in [2.05, 4.69) is 55.2 Å². The van der Waals surface area contributed by atoms with Crippen LogP contribution in [-0.2, 0) is 6.54 Å². The minimum atomic E-state index is 0.433. The van der Waals surface area contributed by atoms with Gasteiger partial charge < -0.3 is 4.57 Å². The van der Waals surface area contributed by atoms with Gasteiger partial charge in [0, 0.05) is 24.2 Å². The summed E-state index contributed by atoms with van der Waals surface area (Å²) < 4.78 is 2.30. The number of nitrogens with zero attached hydrogens (tertiary/aromatic N) is 2. The van der Waals surface area contributed by atoms with Crippen LogP contribution in [0.2, 0.25) is 0 Å². The zero-order valence-electron chi connectivity index (χ0n) is 15.6. The molecule has 0 saturated heterocycles. The Balaban J connectivity index is 2.06. The van der Waals surface area contributed by atoms with Crippen molar-refractivity contribution in [2.75, 3.05) is 5.75 Å². The molecule has 1 fully saturated rings. The topological polar surface area (TPSA) is 17.8 Å². The van der Waals surface area contributed by atoms with Crippen molar-refractivity contribution in [1.29, 1.82) is 0 Å². The average molecular weight is 337 g/mol. The zero-order chi connectivity index (χ0) is 16.7. The van der Waals surface area contributed by atoms with E-state index in [4.69, 9.17) is 0 Å². The van der Waals surface area contributed by atoms with Gasteiger partial charge in [-0.2, -0.15) is 11.8 Å². The molecule has 3 atom stereocenters. The molecule has 1 aromatic rings. The molecule has 0 aliphatic heterocycles. The first kappa shape index (κ1) is 18.9. The Labute approximate surface area is 147 Å². The second-order valence-electron chi connectivity index (χ2n) is 8.30. The van der Waals surface area contributed by atoms with E-state index in [1.807, 2.05) is 12.5 Å². The summed E-state index contributed by atoms with van der Waals surface area (Å²) in [7, 11) is 0. The zero-order valence-corrected chi connectivity index (χ0v) is 16.4. The fourth-order valence-electron chi connectivity index (χ4n) is 4.18. The third-order valence-electron chi connectivity index (χ3n) is 5.44. The van der Waals surface area contributed by atoms with Crippen LogP contribution >= 0.6 is 11.8 Å². The van der Waals surface area contributed by atoms with Gasteiger partial charge in [0.1, 0.15) is 0 Å². The Hall–Kier alpha value is -0.440. The molecule has 2 rings (SSSR count). The lowest BCUT2D eigenvalue weighted by Gasteiger charge is -2.44. The molecule has 0 aromatic carbocycles. The van der Waals surface area contributed by atoms with Gasteiger partial charge in [-0.05, 0) is 42.3 Å². The lowest BCUT2D eigenvalue weighted by molar-refractivity contribution is 0.102. The summed E-state index contributed by atoms with van der Waals surface area (Å²) in [5.74, 6) is 3.04. The molecule has 132 valence electrons. The van der Waals surface area contributed by atoms with Gasteiger partial charge >= 0.3 is 0 Å².